The summed E-state index contributed by atoms with van der Waals surface area (Å²) in [6.07, 6.45) is 5.06. The molecule has 20 heavy (non-hydrogen) atoms. The first-order valence-corrected chi connectivity index (χ1v) is 8.75. The first-order valence-electron chi connectivity index (χ1n) is 7.94. The second-order valence-corrected chi connectivity index (χ2v) is 6.94. The molecule has 3 rings (SSSR count). The maximum absolute atomic E-state index is 4.91. The zero-order chi connectivity index (χ0) is 13.9. The average Bonchev–Trinajstić information content (AvgIpc) is 3.01. The van der Waals surface area contributed by atoms with Gasteiger partial charge in [0.1, 0.15) is 0 Å². The lowest BCUT2D eigenvalue weighted by Gasteiger charge is -2.25. The Morgan fingerprint density at radius 1 is 1.30 bits per heavy atom. The largest absolute Gasteiger partial charge is 0.346 e. The van der Waals surface area contributed by atoms with Gasteiger partial charge in [0.05, 0.1) is 5.69 Å². The van der Waals surface area contributed by atoms with Crippen molar-refractivity contribution in [3.63, 3.8) is 0 Å². The Kier molecular flexibility index (Phi) is 4.58. The number of aryl methyl sites for hydroxylation is 1. The fourth-order valence-electron chi connectivity index (χ4n) is 3.46. The number of rotatable bonds is 4. The molecule has 4 nitrogen and oxygen atoms in total. The molecular weight excluding hydrogens is 268 g/mol. The molecule has 0 radical (unpaired) electrons. The number of fused-ring (bicyclic) bond motifs is 1. The van der Waals surface area contributed by atoms with Crippen LogP contribution in [0.15, 0.2) is 0 Å². The monoisotopic (exact) mass is 294 g/mol. The number of nitrogens with one attached hydrogen (secondary N) is 1. The third-order valence-electron chi connectivity index (χ3n) is 4.51. The molecule has 3 heterocycles. The first-order chi connectivity index (χ1) is 9.81. The van der Waals surface area contributed by atoms with Gasteiger partial charge in [-0.2, -0.15) is 0 Å². The van der Waals surface area contributed by atoms with Crippen LogP contribution in [0.2, 0.25) is 0 Å². The van der Waals surface area contributed by atoms with Crippen molar-refractivity contribution in [1.29, 1.82) is 0 Å². The summed E-state index contributed by atoms with van der Waals surface area (Å²) in [6, 6.07) is 0.763. The second kappa shape index (κ2) is 6.41. The van der Waals surface area contributed by atoms with E-state index in [9.17, 15) is 0 Å². The molecule has 1 unspecified atom stereocenters. The second-order valence-electron chi connectivity index (χ2n) is 5.88. The molecule has 1 aromatic heterocycles. The summed E-state index contributed by atoms with van der Waals surface area (Å²) < 4.78 is 0. The molecular formula is C15H26N4S. The average molecular weight is 294 g/mol. The Bertz CT molecular complexity index is 445. The minimum absolute atomic E-state index is 0.763. The SMILES string of the molecule is CCc1nc(N2CCCN3CCCC3C2)sc1CNC. The molecule has 1 atom stereocenters. The lowest BCUT2D eigenvalue weighted by Crippen LogP contribution is -2.36. The van der Waals surface area contributed by atoms with Gasteiger partial charge in [0.15, 0.2) is 5.13 Å². The number of thiazole rings is 1. The van der Waals surface area contributed by atoms with E-state index in [0.29, 0.717) is 0 Å². The molecule has 1 aromatic rings. The molecule has 112 valence electrons. The fraction of sp³-hybridized carbons (Fsp3) is 0.800. The van der Waals surface area contributed by atoms with Crippen molar-refractivity contribution in [2.24, 2.45) is 0 Å². The van der Waals surface area contributed by atoms with Crippen molar-refractivity contribution in [2.45, 2.75) is 45.2 Å². The summed E-state index contributed by atoms with van der Waals surface area (Å²) in [7, 11) is 2.02. The van der Waals surface area contributed by atoms with Gasteiger partial charge in [-0.05, 0) is 39.3 Å². The van der Waals surface area contributed by atoms with Crippen molar-refractivity contribution in [3.05, 3.63) is 10.6 Å². The highest BCUT2D eigenvalue weighted by Crippen LogP contribution is 2.30. The first kappa shape index (κ1) is 14.3. The third kappa shape index (κ3) is 2.85. The van der Waals surface area contributed by atoms with Crippen molar-refractivity contribution in [3.8, 4) is 0 Å². The van der Waals surface area contributed by atoms with E-state index < -0.39 is 0 Å². The van der Waals surface area contributed by atoms with Gasteiger partial charge in [-0.3, -0.25) is 4.90 Å². The van der Waals surface area contributed by atoms with Gasteiger partial charge in [0.25, 0.3) is 0 Å². The van der Waals surface area contributed by atoms with Crippen LogP contribution in [0, 0.1) is 0 Å². The summed E-state index contributed by atoms with van der Waals surface area (Å²) in [4.78, 5) is 11.6. The lowest BCUT2D eigenvalue weighted by atomic mass is 10.2. The van der Waals surface area contributed by atoms with Gasteiger partial charge in [-0.1, -0.05) is 6.92 Å². The van der Waals surface area contributed by atoms with E-state index in [1.54, 1.807) is 0 Å². The van der Waals surface area contributed by atoms with E-state index in [1.807, 2.05) is 18.4 Å². The standard InChI is InChI=1S/C15H26N4S/c1-3-13-14(10-16-2)20-15(17-13)19-9-5-8-18-7-4-6-12(18)11-19/h12,16H,3-11H2,1-2H3. The Balaban J connectivity index is 1.77. The van der Waals surface area contributed by atoms with Crippen LogP contribution in [0.3, 0.4) is 0 Å². The van der Waals surface area contributed by atoms with E-state index >= 15 is 0 Å². The summed E-state index contributed by atoms with van der Waals surface area (Å²) in [5.74, 6) is 0. The van der Waals surface area contributed by atoms with Crippen LogP contribution >= 0.6 is 11.3 Å². The van der Waals surface area contributed by atoms with Gasteiger partial charge in [0.2, 0.25) is 0 Å². The van der Waals surface area contributed by atoms with Crippen molar-refractivity contribution >= 4 is 16.5 Å². The highest BCUT2D eigenvalue weighted by atomic mass is 32.1. The molecule has 2 aliphatic heterocycles. The van der Waals surface area contributed by atoms with E-state index in [2.05, 4.69) is 22.0 Å². The summed E-state index contributed by atoms with van der Waals surface area (Å²) in [5, 5.41) is 4.52. The van der Waals surface area contributed by atoms with Gasteiger partial charge in [-0.15, -0.1) is 11.3 Å². The van der Waals surface area contributed by atoms with Crippen LogP contribution in [0.1, 0.15) is 36.8 Å². The number of hydrogen-bond acceptors (Lipinski definition) is 5. The van der Waals surface area contributed by atoms with E-state index in [-0.39, 0.29) is 0 Å². The van der Waals surface area contributed by atoms with Crippen LogP contribution < -0.4 is 10.2 Å². The topological polar surface area (TPSA) is 31.4 Å². The number of nitrogens with zero attached hydrogens (tertiary/aromatic N) is 3. The number of anilines is 1. The quantitative estimate of drug-likeness (QED) is 0.921. The third-order valence-corrected chi connectivity index (χ3v) is 5.67. The number of hydrogen-bond donors (Lipinski definition) is 1. The molecule has 0 aromatic carbocycles. The van der Waals surface area contributed by atoms with Crippen LogP contribution in [0.4, 0.5) is 5.13 Å². The zero-order valence-electron chi connectivity index (χ0n) is 12.7. The summed E-state index contributed by atoms with van der Waals surface area (Å²) in [6.45, 7) is 8.08. The van der Waals surface area contributed by atoms with Gasteiger partial charge in [-0.25, -0.2) is 4.98 Å². The van der Waals surface area contributed by atoms with Crippen LogP contribution in [-0.4, -0.2) is 49.2 Å². The van der Waals surface area contributed by atoms with E-state index in [1.165, 1.54) is 61.1 Å². The Morgan fingerprint density at radius 3 is 2.95 bits per heavy atom. The molecule has 0 amide bonds. The molecule has 0 saturated carbocycles. The lowest BCUT2D eigenvalue weighted by molar-refractivity contribution is 0.273. The van der Waals surface area contributed by atoms with Gasteiger partial charge >= 0.3 is 0 Å². The Morgan fingerprint density at radius 2 is 2.15 bits per heavy atom. The van der Waals surface area contributed by atoms with Crippen LogP contribution in [0.25, 0.3) is 0 Å². The molecule has 2 aliphatic rings. The maximum atomic E-state index is 4.91. The van der Waals surface area contributed by atoms with Crippen molar-refractivity contribution < 1.29 is 0 Å². The van der Waals surface area contributed by atoms with Gasteiger partial charge in [0, 0.05) is 37.1 Å². The van der Waals surface area contributed by atoms with Crippen molar-refractivity contribution in [2.75, 3.05) is 38.1 Å². The molecule has 2 fully saturated rings. The minimum Gasteiger partial charge on any atom is -0.346 e. The van der Waals surface area contributed by atoms with E-state index in [0.717, 1.165) is 19.0 Å². The normalized spacial score (nSPS) is 23.9. The molecule has 0 bridgehead atoms. The summed E-state index contributed by atoms with van der Waals surface area (Å²) >= 11 is 1.89. The smallest absolute Gasteiger partial charge is 0.185 e. The predicted octanol–water partition coefficient (Wildman–Crippen LogP) is 2.10. The predicted molar refractivity (Wildman–Crippen MR) is 85.7 cm³/mol. The molecule has 0 aliphatic carbocycles. The molecule has 2 saturated heterocycles. The number of aromatic nitrogens is 1. The highest BCUT2D eigenvalue weighted by Gasteiger charge is 2.29. The van der Waals surface area contributed by atoms with E-state index in [4.69, 9.17) is 4.98 Å². The summed E-state index contributed by atoms with van der Waals surface area (Å²) in [5.41, 5.74) is 1.28. The Labute approximate surface area is 126 Å². The van der Waals surface area contributed by atoms with Gasteiger partial charge < -0.3 is 10.2 Å². The molecule has 1 N–H and O–H groups in total. The molecule has 0 spiro atoms. The van der Waals surface area contributed by atoms with Crippen LogP contribution in [0.5, 0.6) is 0 Å². The Hall–Kier alpha value is -0.650. The van der Waals surface area contributed by atoms with Crippen molar-refractivity contribution in [1.82, 2.24) is 15.2 Å². The molecule has 5 heteroatoms. The van der Waals surface area contributed by atoms with Crippen LogP contribution in [-0.2, 0) is 13.0 Å². The fourth-order valence-corrected chi connectivity index (χ4v) is 4.66. The highest BCUT2D eigenvalue weighted by molar-refractivity contribution is 7.15. The minimum atomic E-state index is 0.763. The maximum Gasteiger partial charge on any atom is 0.185 e. The zero-order valence-corrected chi connectivity index (χ0v) is 13.5.